The Morgan fingerprint density at radius 2 is 1.86 bits per heavy atom. The number of methoxy groups -OCH3 is 1. The molecule has 0 fully saturated rings. The number of sulfonamides is 1. The van der Waals surface area contributed by atoms with Gasteiger partial charge in [0.15, 0.2) is 11.6 Å². The number of rotatable bonds is 4. The van der Waals surface area contributed by atoms with E-state index in [1.54, 1.807) is 12.1 Å². The molecule has 0 aliphatic carbocycles. The van der Waals surface area contributed by atoms with Crippen LogP contribution in [0, 0.1) is 19.7 Å². The molecule has 0 spiro atoms. The maximum absolute atomic E-state index is 13.6. The molecule has 0 amide bonds. The van der Waals surface area contributed by atoms with Gasteiger partial charge in [0.1, 0.15) is 0 Å². The lowest BCUT2D eigenvalue weighted by Gasteiger charge is -2.12. The van der Waals surface area contributed by atoms with Crippen LogP contribution < -0.4 is 9.46 Å². The Hall–Kier alpha value is -2.08. The highest BCUT2D eigenvalue weighted by Crippen LogP contribution is 2.24. The summed E-state index contributed by atoms with van der Waals surface area (Å²) in [6.07, 6.45) is 0. The normalized spacial score (nSPS) is 11.2. The molecule has 2 aromatic carbocycles. The zero-order valence-electron chi connectivity index (χ0n) is 12.0. The lowest BCUT2D eigenvalue weighted by molar-refractivity contribution is 0.385. The van der Waals surface area contributed by atoms with Crippen molar-refractivity contribution in [3.63, 3.8) is 0 Å². The molecule has 0 saturated heterocycles. The van der Waals surface area contributed by atoms with Crippen molar-refractivity contribution in [1.82, 2.24) is 0 Å². The molecule has 0 radical (unpaired) electrons. The van der Waals surface area contributed by atoms with Crippen LogP contribution in [0.2, 0.25) is 0 Å². The van der Waals surface area contributed by atoms with Gasteiger partial charge in [-0.2, -0.15) is 0 Å². The average molecular weight is 309 g/mol. The molecule has 2 aromatic rings. The van der Waals surface area contributed by atoms with E-state index >= 15 is 0 Å². The van der Waals surface area contributed by atoms with Crippen molar-refractivity contribution in [2.75, 3.05) is 11.8 Å². The lowest BCUT2D eigenvalue weighted by Crippen LogP contribution is -2.14. The van der Waals surface area contributed by atoms with Gasteiger partial charge < -0.3 is 4.74 Å². The third-order valence-electron chi connectivity index (χ3n) is 3.28. The first kappa shape index (κ1) is 15.3. The Morgan fingerprint density at radius 1 is 1.14 bits per heavy atom. The molecule has 2 rings (SSSR count). The molecular weight excluding hydrogens is 293 g/mol. The zero-order valence-corrected chi connectivity index (χ0v) is 12.8. The summed E-state index contributed by atoms with van der Waals surface area (Å²) in [5.41, 5.74) is 2.28. The smallest absolute Gasteiger partial charge is 0.262 e. The van der Waals surface area contributed by atoms with Crippen molar-refractivity contribution in [3.05, 3.63) is 53.3 Å². The Bertz CT molecular complexity index is 772. The predicted octanol–water partition coefficient (Wildman–Crippen LogP) is 3.25. The van der Waals surface area contributed by atoms with Gasteiger partial charge >= 0.3 is 0 Å². The van der Waals surface area contributed by atoms with Crippen LogP contribution >= 0.6 is 0 Å². The molecule has 21 heavy (non-hydrogen) atoms. The lowest BCUT2D eigenvalue weighted by atomic mass is 10.1. The molecule has 0 saturated carbocycles. The highest BCUT2D eigenvalue weighted by atomic mass is 32.2. The fraction of sp³-hybridized carbons (Fsp3) is 0.200. The second-order valence-electron chi connectivity index (χ2n) is 4.65. The van der Waals surface area contributed by atoms with Crippen molar-refractivity contribution >= 4 is 15.7 Å². The zero-order chi connectivity index (χ0) is 15.6. The standard InChI is InChI=1S/C15H16FNO3S/c1-10-5-4-6-14(11(10)2)17-21(18,19)12-7-8-15(20-3)13(16)9-12/h4-9,17H,1-3H3. The van der Waals surface area contributed by atoms with E-state index in [0.29, 0.717) is 5.69 Å². The summed E-state index contributed by atoms with van der Waals surface area (Å²) >= 11 is 0. The highest BCUT2D eigenvalue weighted by molar-refractivity contribution is 7.92. The van der Waals surface area contributed by atoms with Crippen molar-refractivity contribution in [3.8, 4) is 5.75 Å². The van der Waals surface area contributed by atoms with Gasteiger partial charge in [-0.25, -0.2) is 12.8 Å². The first-order valence-electron chi connectivity index (χ1n) is 6.27. The second-order valence-corrected chi connectivity index (χ2v) is 6.33. The van der Waals surface area contributed by atoms with Crippen molar-refractivity contribution in [2.45, 2.75) is 18.7 Å². The summed E-state index contributed by atoms with van der Waals surface area (Å²) in [5.74, 6) is -0.720. The van der Waals surface area contributed by atoms with E-state index in [1.807, 2.05) is 19.9 Å². The average Bonchev–Trinajstić information content (AvgIpc) is 2.43. The Balaban J connectivity index is 2.39. The minimum absolute atomic E-state index is 0.000635. The van der Waals surface area contributed by atoms with Crippen LogP contribution in [0.1, 0.15) is 11.1 Å². The Morgan fingerprint density at radius 3 is 2.48 bits per heavy atom. The number of ether oxygens (including phenoxy) is 1. The number of aryl methyl sites for hydroxylation is 1. The maximum Gasteiger partial charge on any atom is 0.262 e. The molecule has 0 aromatic heterocycles. The topological polar surface area (TPSA) is 55.4 Å². The first-order valence-corrected chi connectivity index (χ1v) is 7.76. The molecule has 112 valence electrons. The van der Waals surface area contributed by atoms with E-state index in [1.165, 1.54) is 19.2 Å². The van der Waals surface area contributed by atoms with Crippen molar-refractivity contribution < 1.29 is 17.5 Å². The minimum Gasteiger partial charge on any atom is -0.494 e. The van der Waals surface area contributed by atoms with E-state index in [0.717, 1.165) is 17.2 Å². The molecule has 0 bridgehead atoms. The molecule has 4 nitrogen and oxygen atoms in total. The van der Waals surface area contributed by atoms with Crippen molar-refractivity contribution in [1.29, 1.82) is 0 Å². The number of nitrogens with one attached hydrogen (secondary N) is 1. The van der Waals surface area contributed by atoms with Crippen molar-refractivity contribution in [2.24, 2.45) is 0 Å². The second kappa shape index (κ2) is 5.73. The molecular formula is C15H16FNO3S. The van der Waals surface area contributed by atoms with Gasteiger partial charge in [-0.3, -0.25) is 4.72 Å². The van der Waals surface area contributed by atoms with Crippen LogP contribution in [-0.2, 0) is 10.0 Å². The van der Waals surface area contributed by atoms with Gasteiger partial charge in [-0.15, -0.1) is 0 Å². The molecule has 0 aliphatic heterocycles. The summed E-state index contributed by atoms with van der Waals surface area (Å²) in [5, 5.41) is 0. The summed E-state index contributed by atoms with van der Waals surface area (Å²) in [6.45, 7) is 3.71. The molecule has 1 N–H and O–H groups in total. The van der Waals surface area contributed by atoms with Crippen LogP contribution in [-0.4, -0.2) is 15.5 Å². The minimum atomic E-state index is -3.85. The third-order valence-corrected chi connectivity index (χ3v) is 4.65. The number of hydrogen-bond acceptors (Lipinski definition) is 3. The van der Waals surface area contributed by atoms with Gasteiger partial charge in [0.25, 0.3) is 10.0 Å². The third kappa shape index (κ3) is 3.16. The largest absolute Gasteiger partial charge is 0.494 e. The van der Waals surface area contributed by atoms with Crippen LogP contribution in [0.3, 0.4) is 0 Å². The van der Waals surface area contributed by atoms with Crippen LogP contribution in [0.25, 0.3) is 0 Å². The van der Waals surface area contributed by atoms with Crippen LogP contribution in [0.5, 0.6) is 5.75 Å². The van der Waals surface area contributed by atoms with Gasteiger partial charge in [-0.1, -0.05) is 12.1 Å². The number of benzene rings is 2. The molecule has 6 heteroatoms. The van der Waals surface area contributed by atoms with E-state index in [-0.39, 0.29) is 10.6 Å². The summed E-state index contributed by atoms with van der Waals surface area (Å²) < 4.78 is 45.5. The van der Waals surface area contributed by atoms with E-state index in [4.69, 9.17) is 4.74 Å². The molecule has 0 atom stereocenters. The summed E-state index contributed by atoms with van der Waals surface area (Å²) in [6, 6.07) is 8.84. The number of anilines is 1. The highest BCUT2D eigenvalue weighted by Gasteiger charge is 2.17. The molecule has 0 aliphatic rings. The summed E-state index contributed by atoms with van der Waals surface area (Å²) in [7, 11) is -2.53. The molecule has 0 heterocycles. The fourth-order valence-corrected chi connectivity index (χ4v) is 3.01. The maximum atomic E-state index is 13.6. The molecule has 0 unspecified atom stereocenters. The monoisotopic (exact) mass is 309 g/mol. The Kier molecular flexibility index (Phi) is 4.18. The van der Waals surface area contributed by atoms with Gasteiger partial charge in [0.2, 0.25) is 0 Å². The van der Waals surface area contributed by atoms with E-state index in [9.17, 15) is 12.8 Å². The fourth-order valence-electron chi connectivity index (χ4n) is 1.88. The van der Waals surface area contributed by atoms with Gasteiger partial charge in [0, 0.05) is 0 Å². The van der Waals surface area contributed by atoms with Gasteiger partial charge in [-0.05, 0) is 49.2 Å². The first-order chi connectivity index (χ1) is 9.85. The van der Waals surface area contributed by atoms with E-state index < -0.39 is 15.8 Å². The number of halogens is 1. The summed E-state index contributed by atoms with van der Waals surface area (Å²) in [4.78, 5) is -0.151. The van der Waals surface area contributed by atoms with E-state index in [2.05, 4.69) is 4.72 Å². The predicted molar refractivity (Wildman–Crippen MR) is 79.7 cm³/mol. The number of hydrogen-bond donors (Lipinski definition) is 1. The Labute approximate surface area is 123 Å². The van der Waals surface area contributed by atoms with Crippen LogP contribution in [0.15, 0.2) is 41.3 Å². The van der Waals surface area contributed by atoms with Gasteiger partial charge in [0.05, 0.1) is 17.7 Å². The van der Waals surface area contributed by atoms with Crippen LogP contribution in [0.4, 0.5) is 10.1 Å². The quantitative estimate of drug-likeness (QED) is 0.943. The SMILES string of the molecule is COc1ccc(S(=O)(=O)Nc2cccc(C)c2C)cc1F.